The van der Waals surface area contributed by atoms with Crippen LogP contribution in [0, 0.1) is 5.82 Å². The molecule has 1 aromatic rings. The lowest BCUT2D eigenvalue weighted by atomic mass is 10.1. The predicted octanol–water partition coefficient (Wildman–Crippen LogP) is 2.64. The van der Waals surface area contributed by atoms with Crippen molar-refractivity contribution in [2.75, 3.05) is 6.61 Å². The van der Waals surface area contributed by atoms with E-state index in [0.717, 1.165) is 5.56 Å². The van der Waals surface area contributed by atoms with Crippen molar-refractivity contribution in [2.24, 2.45) is 5.73 Å². The molecule has 0 aromatic heterocycles. The molecule has 1 rings (SSSR count). The number of hydrogen-bond donors (Lipinski definition) is 1. The zero-order valence-corrected chi connectivity index (χ0v) is 9.46. The Kier molecular flexibility index (Phi) is 3.83. The molecule has 2 nitrogen and oxygen atoms in total. The smallest absolute Gasteiger partial charge is 0.123 e. The normalized spacial score (nSPS) is 13.9. The molecular formula is C12H18FNO. The molecule has 0 aliphatic heterocycles. The van der Waals surface area contributed by atoms with Gasteiger partial charge in [-0.2, -0.15) is 0 Å². The van der Waals surface area contributed by atoms with Gasteiger partial charge in [-0.25, -0.2) is 4.39 Å². The van der Waals surface area contributed by atoms with Gasteiger partial charge in [-0.1, -0.05) is 12.1 Å². The first-order valence-electron chi connectivity index (χ1n) is 5.03. The second kappa shape index (κ2) is 4.73. The van der Waals surface area contributed by atoms with Gasteiger partial charge in [-0.3, -0.25) is 0 Å². The monoisotopic (exact) mass is 211 g/mol. The Balaban J connectivity index is 2.58. The fourth-order valence-electron chi connectivity index (χ4n) is 1.17. The molecule has 0 amide bonds. The average Bonchev–Trinajstić information content (AvgIpc) is 2.13. The summed E-state index contributed by atoms with van der Waals surface area (Å²) in [5, 5.41) is 0. The Hall–Kier alpha value is -0.930. The Labute approximate surface area is 90.2 Å². The van der Waals surface area contributed by atoms with Crippen molar-refractivity contribution in [2.45, 2.75) is 32.4 Å². The van der Waals surface area contributed by atoms with Crippen LogP contribution in [-0.4, -0.2) is 12.2 Å². The van der Waals surface area contributed by atoms with Crippen molar-refractivity contribution in [3.63, 3.8) is 0 Å². The van der Waals surface area contributed by atoms with Crippen LogP contribution >= 0.6 is 0 Å². The summed E-state index contributed by atoms with van der Waals surface area (Å²) in [5.41, 5.74) is 6.43. The van der Waals surface area contributed by atoms with Gasteiger partial charge in [-0.05, 0) is 38.5 Å². The van der Waals surface area contributed by atoms with E-state index in [1.54, 1.807) is 12.1 Å². The van der Waals surface area contributed by atoms with Gasteiger partial charge >= 0.3 is 0 Å². The van der Waals surface area contributed by atoms with Crippen molar-refractivity contribution in [1.29, 1.82) is 0 Å². The van der Waals surface area contributed by atoms with Crippen molar-refractivity contribution in [3.8, 4) is 0 Å². The summed E-state index contributed by atoms with van der Waals surface area (Å²) in [4.78, 5) is 0. The highest BCUT2D eigenvalue weighted by Crippen LogP contribution is 2.15. The van der Waals surface area contributed by atoms with Crippen LogP contribution in [-0.2, 0) is 4.74 Å². The van der Waals surface area contributed by atoms with E-state index in [-0.39, 0.29) is 17.5 Å². The minimum atomic E-state index is -0.278. The first kappa shape index (κ1) is 12.1. The van der Waals surface area contributed by atoms with Gasteiger partial charge in [-0.15, -0.1) is 0 Å². The Morgan fingerprint density at radius 3 is 2.60 bits per heavy atom. The molecule has 84 valence electrons. The summed E-state index contributed by atoms with van der Waals surface area (Å²) in [6, 6.07) is 6.03. The third kappa shape index (κ3) is 4.40. The molecule has 0 aliphatic carbocycles. The third-order valence-corrected chi connectivity index (χ3v) is 1.97. The van der Waals surface area contributed by atoms with Crippen LogP contribution in [0.3, 0.4) is 0 Å². The van der Waals surface area contributed by atoms with Gasteiger partial charge in [0.1, 0.15) is 5.82 Å². The SMILES string of the molecule is CC(C)(C)OCC(N)c1cccc(F)c1. The van der Waals surface area contributed by atoms with E-state index in [4.69, 9.17) is 10.5 Å². The highest BCUT2D eigenvalue weighted by atomic mass is 19.1. The fourth-order valence-corrected chi connectivity index (χ4v) is 1.17. The number of hydrogen-bond acceptors (Lipinski definition) is 2. The Morgan fingerprint density at radius 2 is 2.07 bits per heavy atom. The standard InChI is InChI=1S/C12H18FNO/c1-12(2,3)15-8-11(14)9-5-4-6-10(13)7-9/h4-7,11H,8,14H2,1-3H3. The molecule has 0 fully saturated rings. The molecule has 0 aliphatic rings. The molecule has 0 bridgehead atoms. The molecule has 0 radical (unpaired) electrons. The van der Waals surface area contributed by atoms with Crippen LogP contribution in [0.15, 0.2) is 24.3 Å². The maximum absolute atomic E-state index is 12.9. The van der Waals surface area contributed by atoms with Gasteiger partial charge in [0.2, 0.25) is 0 Å². The van der Waals surface area contributed by atoms with Gasteiger partial charge in [0.25, 0.3) is 0 Å². The average molecular weight is 211 g/mol. The lowest BCUT2D eigenvalue weighted by Crippen LogP contribution is -2.26. The predicted molar refractivity (Wildman–Crippen MR) is 59.0 cm³/mol. The maximum Gasteiger partial charge on any atom is 0.123 e. The molecular weight excluding hydrogens is 193 g/mol. The summed E-state index contributed by atoms with van der Waals surface area (Å²) in [5.74, 6) is -0.265. The molecule has 3 heteroatoms. The largest absolute Gasteiger partial charge is 0.374 e. The molecule has 15 heavy (non-hydrogen) atoms. The van der Waals surface area contributed by atoms with Gasteiger partial charge in [0.15, 0.2) is 0 Å². The van der Waals surface area contributed by atoms with Crippen LogP contribution in [0.4, 0.5) is 4.39 Å². The van der Waals surface area contributed by atoms with Crippen LogP contribution in [0.2, 0.25) is 0 Å². The number of halogens is 1. The lowest BCUT2D eigenvalue weighted by Gasteiger charge is -2.22. The van der Waals surface area contributed by atoms with Gasteiger partial charge in [0, 0.05) is 0 Å². The number of ether oxygens (including phenoxy) is 1. The highest BCUT2D eigenvalue weighted by Gasteiger charge is 2.14. The van der Waals surface area contributed by atoms with Gasteiger partial charge < -0.3 is 10.5 Å². The van der Waals surface area contributed by atoms with Crippen LogP contribution in [0.1, 0.15) is 32.4 Å². The molecule has 0 saturated heterocycles. The molecule has 1 unspecified atom stereocenters. The topological polar surface area (TPSA) is 35.2 Å². The first-order valence-corrected chi connectivity index (χ1v) is 5.03. The third-order valence-electron chi connectivity index (χ3n) is 1.97. The zero-order valence-electron chi connectivity index (χ0n) is 9.46. The minimum Gasteiger partial charge on any atom is -0.374 e. The highest BCUT2D eigenvalue weighted by molar-refractivity contribution is 5.19. The maximum atomic E-state index is 12.9. The summed E-state index contributed by atoms with van der Waals surface area (Å²) in [6.07, 6.45) is 0. The van der Waals surface area contributed by atoms with E-state index >= 15 is 0 Å². The van der Waals surface area contributed by atoms with E-state index < -0.39 is 0 Å². The van der Waals surface area contributed by atoms with E-state index in [0.29, 0.717) is 6.61 Å². The summed E-state index contributed by atoms with van der Waals surface area (Å²) in [7, 11) is 0. The summed E-state index contributed by atoms with van der Waals surface area (Å²) < 4.78 is 18.4. The van der Waals surface area contributed by atoms with Crippen molar-refractivity contribution in [1.82, 2.24) is 0 Å². The zero-order chi connectivity index (χ0) is 11.5. The fraction of sp³-hybridized carbons (Fsp3) is 0.500. The van der Waals surface area contributed by atoms with Crippen LogP contribution in [0.25, 0.3) is 0 Å². The van der Waals surface area contributed by atoms with Crippen molar-refractivity contribution < 1.29 is 9.13 Å². The first-order chi connectivity index (χ1) is 6.88. The number of benzene rings is 1. The minimum absolute atomic E-state index is 0.217. The van der Waals surface area contributed by atoms with Crippen LogP contribution < -0.4 is 5.73 Å². The molecule has 0 heterocycles. The van der Waals surface area contributed by atoms with Crippen molar-refractivity contribution >= 4 is 0 Å². The number of rotatable bonds is 3. The van der Waals surface area contributed by atoms with E-state index in [9.17, 15) is 4.39 Å². The van der Waals surface area contributed by atoms with E-state index in [1.165, 1.54) is 12.1 Å². The molecule has 0 saturated carbocycles. The second-order valence-electron chi connectivity index (χ2n) is 4.58. The van der Waals surface area contributed by atoms with Crippen molar-refractivity contribution in [3.05, 3.63) is 35.6 Å². The Morgan fingerprint density at radius 1 is 1.40 bits per heavy atom. The molecule has 0 spiro atoms. The number of nitrogens with two attached hydrogens (primary N) is 1. The van der Waals surface area contributed by atoms with E-state index in [2.05, 4.69) is 0 Å². The summed E-state index contributed by atoms with van der Waals surface area (Å²) >= 11 is 0. The quantitative estimate of drug-likeness (QED) is 0.834. The molecule has 1 aromatic carbocycles. The molecule has 2 N–H and O–H groups in total. The van der Waals surface area contributed by atoms with Gasteiger partial charge in [0.05, 0.1) is 18.2 Å². The summed E-state index contributed by atoms with van der Waals surface area (Å²) in [6.45, 7) is 6.29. The second-order valence-corrected chi connectivity index (χ2v) is 4.58. The molecule has 1 atom stereocenters. The van der Waals surface area contributed by atoms with Crippen LogP contribution in [0.5, 0.6) is 0 Å². The van der Waals surface area contributed by atoms with E-state index in [1.807, 2.05) is 20.8 Å². The lowest BCUT2D eigenvalue weighted by molar-refractivity contribution is -0.0102. The Bertz CT molecular complexity index is 320.